The molecule has 5 nitrogen and oxygen atoms in total. The van der Waals surface area contributed by atoms with E-state index in [4.69, 9.17) is 0 Å². The van der Waals surface area contributed by atoms with Gasteiger partial charge in [0.2, 0.25) is 0 Å². The van der Waals surface area contributed by atoms with E-state index in [-0.39, 0.29) is 17.9 Å². The van der Waals surface area contributed by atoms with Crippen LogP contribution in [0.1, 0.15) is 30.5 Å². The van der Waals surface area contributed by atoms with Crippen LogP contribution < -0.4 is 10.2 Å². The van der Waals surface area contributed by atoms with Crippen LogP contribution in [0.15, 0.2) is 42.7 Å². The number of carbonyl (C=O) groups is 1. The summed E-state index contributed by atoms with van der Waals surface area (Å²) in [5, 5.41) is 3.02. The van der Waals surface area contributed by atoms with Gasteiger partial charge in [0.1, 0.15) is 5.82 Å². The Balaban J connectivity index is 1.59. The predicted molar refractivity (Wildman–Crippen MR) is 101 cm³/mol. The molecular formula is C20H25FN4O. The topological polar surface area (TPSA) is 48.5 Å². The zero-order chi connectivity index (χ0) is 18.5. The lowest BCUT2D eigenvalue weighted by Gasteiger charge is -2.26. The highest BCUT2D eigenvalue weighted by Gasteiger charge is 2.21. The predicted octanol–water partition coefficient (Wildman–Crippen LogP) is 3.51. The molecule has 2 heterocycles. The Morgan fingerprint density at radius 2 is 1.92 bits per heavy atom. The summed E-state index contributed by atoms with van der Waals surface area (Å²) in [5.74, 6) is -0.272. The van der Waals surface area contributed by atoms with Gasteiger partial charge in [0.25, 0.3) is 0 Å². The highest BCUT2D eigenvalue weighted by atomic mass is 19.1. The molecule has 3 rings (SSSR count). The second-order valence-electron chi connectivity index (χ2n) is 6.71. The maximum atomic E-state index is 13.0. The molecule has 138 valence electrons. The van der Waals surface area contributed by atoms with Gasteiger partial charge in [0, 0.05) is 44.3 Å². The van der Waals surface area contributed by atoms with Gasteiger partial charge in [-0.25, -0.2) is 9.18 Å². The number of urea groups is 1. The van der Waals surface area contributed by atoms with Crippen molar-refractivity contribution in [2.24, 2.45) is 0 Å². The summed E-state index contributed by atoms with van der Waals surface area (Å²) in [5.41, 5.74) is 3.22. The van der Waals surface area contributed by atoms with Crippen LogP contribution in [0.25, 0.3) is 0 Å². The number of nitrogens with zero attached hydrogens (tertiary/aromatic N) is 3. The van der Waals surface area contributed by atoms with E-state index in [9.17, 15) is 9.18 Å². The Kier molecular flexibility index (Phi) is 5.71. The van der Waals surface area contributed by atoms with E-state index in [1.165, 1.54) is 17.8 Å². The van der Waals surface area contributed by atoms with Gasteiger partial charge in [0.05, 0.1) is 6.04 Å². The lowest BCUT2D eigenvalue weighted by Crippen LogP contribution is -2.43. The molecule has 2 aromatic rings. The first-order valence-electron chi connectivity index (χ1n) is 9.01. The van der Waals surface area contributed by atoms with Crippen LogP contribution in [0, 0.1) is 12.7 Å². The summed E-state index contributed by atoms with van der Waals surface area (Å²) in [7, 11) is 0. The Bertz CT molecular complexity index is 750. The smallest absolute Gasteiger partial charge is 0.317 e. The SMILES string of the molecule is Cc1cnccc1N1CCCN(C(=O)NC(C)c2ccc(F)cc2)CC1. The third kappa shape index (κ3) is 4.31. The van der Waals surface area contributed by atoms with Crippen LogP contribution in [0.4, 0.5) is 14.9 Å². The van der Waals surface area contributed by atoms with Gasteiger partial charge in [-0.15, -0.1) is 0 Å². The van der Waals surface area contributed by atoms with Gasteiger partial charge in [-0.1, -0.05) is 12.1 Å². The number of hydrogen-bond donors (Lipinski definition) is 1. The molecule has 2 amide bonds. The van der Waals surface area contributed by atoms with Gasteiger partial charge >= 0.3 is 6.03 Å². The van der Waals surface area contributed by atoms with Crippen LogP contribution in [-0.4, -0.2) is 42.1 Å². The van der Waals surface area contributed by atoms with Crippen LogP contribution in [-0.2, 0) is 0 Å². The van der Waals surface area contributed by atoms with E-state index in [0.717, 1.165) is 37.2 Å². The molecule has 1 aromatic heterocycles. The normalized spacial score (nSPS) is 16.1. The minimum atomic E-state index is -0.272. The van der Waals surface area contributed by atoms with Crippen molar-refractivity contribution in [3.05, 3.63) is 59.7 Å². The Hall–Kier alpha value is -2.63. The van der Waals surface area contributed by atoms with Crippen LogP contribution in [0.5, 0.6) is 0 Å². The number of anilines is 1. The molecular weight excluding hydrogens is 331 g/mol. The molecule has 26 heavy (non-hydrogen) atoms. The number of pyridine rings is 1. The van der Waals surface area contributed by atoms with E-state index in [1.807, 2.05) is 30.3 Å². The van der Waals surface area contributed by atoms with Crippen molar-refractivity contribution in [1.29, 1.82) is 0 Å². The second kappa shape index (κ2) is 8.17. The van der Waals surface area contributed by atoms with E-state index in [0.29, 0.717) is 6.54 Å². The monoisotopic (exact) mass is 356 g/mol. The third-order valence-electron chi connectivity index (χ3n) is 4.82. The molecule has 0 radical (unpaired) electrons. The molecule has 1 unspecified atom stereocenters. The molecule has 1 atom stereocenters. The summed E-state index contributed by atoms with van der Waals surface area (Å²) in [6.07, 6.45) is 4.59. The van der Waals surface area contributed by atoms with Crippen molar-refractivity contribution in [3.8, 4) is 0 Å². The molecule has 0 aliphatic carbocycles. The number of aromatic nitrogens is 1. The molecule has 0 spiro atoms. The Morgan fingerprint density at radius 3 is 2.65 bits per heavy atom. The zero-order valence-corrected chi connectivity index (χ0v) is 15.3. The number of aryl methyl sites for hydroxylation is 1. The van der Waals surface area contributed by atoms with Crippen molar-refractivity contribution in [2.75, 3.05) is 31.1 Å². The Morgan fingerprint density at radius 1 is 1.15 bits per heavy atom. The molecule has 1 aliphatic heterocycles. The van der Waals surface area contributed by atoms with Crippen molar-refractivity contribution >= 4 is 11.7 Å². The minimum Gasteiger partial charge on any atom is -0.369 e. The van der Waals surface area contributed by atoms with Gasteiger partial charge in [-0.05, 0) is 49.6 Å². The van der Waals surface area contributed by atoms with Crippen LogP contribution >= 0.6 is 0 Å². The van der Waals surface area contributed by atoms with Crippen molar-refractivity contribution in [2.45, 2.75) is 26.3 Å². The molecule has 6 heteroatoms. The van der Waals surface area contributed by atoms with Crippen molar-refractivity contribution in [3.63, 3.8) is 0 Å². The maximum absolute atomic E-state index is 13.0. The molecule has 1 aliphatic rings. The van der Waals surface area contributed by atoms with Gasteiger partial charge in [0.15, 0.2) is 0 Å². The van der Waals surface area contributed by atoms with Gasteiger partial charge in [-0.3, -0.25) is 4.98 Å². The maximum Gasteiger partial charge on any atom is 0.317 e. The fourth-order valence-electron chi connectivity index (χ4n) is 3.29. The molecule has 1 N–H and O–H groups in total. The lowest BCUT2D eigenvalue weighted by atomic mass is 10.1. The number of carbonyl (C=O) groups excluding carboxylic acids is 1. The van der Waals surface area contributed by atoms with Crippen LogP contribution in [0.2, 0.25) is 0 Å². The summed E-state index contributed by atoms with van der Waals surface area (Å²) >= 11 is 0. The van der Waals surface area contributed by atoms with Crippen molar-refractivity contribution in [1.82, 2.24) is 15.2 Å². The lowest BCUT2D eigenvalue weighted by molar-refractivity contribution is 0.198. The van der Waals surface area contributed by atoms with Gasteiger partial charge in [-0.2, -0.15) is 0 Å². The largest absolute Gasteiger partial charge is 0.369 e. The van der Waals surface area contributed by atoms with Crippen molar-refractivity contribution < 1.29 is 9.18 Å². The quantitative estimate of drug-likeness (QED) is 0.915. The summed E-state index contributed by atoms with van der Waals surface area (Å²) < 4.78 is 13.0. The first-order valence-corrected chi connectivity index (χ1v) is 9.01. The molecule has 0 bridgehead atoms. The number of rotatable bonds is 3. The van der Waals surface area contributed by atoms with E-state index in [1.54, 1.807) is 12.1 Å². The summed E-state index contributed by atoms with van der Waals surface area (Å²) in [4.78, 5) is 20.9. The fourth-order valence-corrected chi connectivity index (χ4v) is 3.29. The van der Waals surface area contributed by atoms with Crippen LogP contribution in [0.3, 0.4) is 0 Å². The fraction of sp³-hybridized carbons (Fsp3) is 0.400. The van der Waals surface area contributed by atoms with Gasteiger partial charge < -0.3 is 15.1 Å². The van der Waals surface area contributed by atoms with E-state index in [2.05, 4.69) is 22.1 Å². The molecule has 0 saturated carbocycles. The molecule has 1 saturated heterocycles. The van der Waals surface area contributed by atoms with E-state index >= 15 is 0 Å². The first-order chi connectivity index (χ1) is 12.5. The number of benzene rings is 1. The number of nitrogens with one attached hydrogen (secondary N) is 1. The average Bonchev–Trinajstić information content (AvgIpc) is 2.89. The number of amides is 2. The standard InChI is InChI=1S/C20H25FN4O/c1-15-14-22-9-8-19(15)24-10-3-11-25(13-12-24)20(26)23-16(2)17-4-6-18(21)7-5-17/h4-9,14,16H,3,10-13H2,1-2H3,(H,23,26). The second-order valence-corrected chi connectivity index (χ2v) is 6.71. The molecule has 1 fully saturated rings. The Labute approximate surface area is 153 Å². The number of hydrogen-bond acceptors (Lipinski definition) is 3. The minimum absolute atomic E-state index is 0.0740. The summed E-state index contributed by atoms with van der Waals surface area (Å²) in [6, 6.07) is 8.03. The van der Waals surface area contributed by atoms with E-state index < -0.39 is 0 Å². The molecule has 1 aromatic carbocycles. The number of halogens is 1. The third-order valence-corrected chi connectivity index (χ3v) is 4.82. The average molecular weight is 356 g/mol. The highest BCUT2D eigenvalue weighted by molar-refractivity contribution is 5.75. The summed E-state index contributed by atoms with van der Waals surface area (Å²) in [6.45, 7) is 7.08. The first kappa shape index (κ1) is 18.2. The zero-order valence-electron chi connectivity index (χ0n) is 15.3. The highest BCUT2D eigenvalue weighted by Crippen LogP contribution is 2.20.